The lowest BCUT2D eigenvalue weighted by atomic mass is 9.90. The molecule has 0 spiro atoms. The molecule has 1 aliphatic carbocycles. The summed E-state index contributed by atoms with van der Waals surface area (Å²) in [5.74, 6) is 2.83. The minimum absolute atomic E-state index is 0.188. The normalized spacial score (nSPS) is 18.3. The summed E-state index contributed by atoms with van der Waals surface area (Å²) >= 11 is 0. The van der Waals surface area contributed by atoms with Crippen molar-refractivity contribution in [3.8, 4) is 17.0 Å². The highest BCUT2D eigenvalue weighted by Gasteiger charge is 2.32. The van der Waals surface area contributed by atoms with Crippen LogP contribution in [0.1, 0.15) is 60.8 Å². The number of ether oxygens (including phenoxy) is 1. The molecule has 1 amide bonds. The summed E-state index contributed by atoms with van der Waals surface area (Å²) in [6.07, 6.45) is 6.51. The number of benzene rings is 2. The number of hydrogen-bond acceptors (Lipinski definition) is 9. The van der Waals surface area contributed by atoms with Gasteiger partial charge in [-0.15, -0.1) is 10.2 Å². The molecule has 0 saturated heterocycles. The molecule has 5 heterocycles. The minimum Gasteiger partial charge on any atom is -0.495 e. The number of nitrogen functional groups attached to an aromatic ring is 1. The molecule has 2 aliphatic rings. The van der Waals surface area contributed by atoms with Gasteiger partial charge in [0.2, 0.25) is 0 Å². The van der Waals surface area contributed by atoms with Gasteiger partial charge in [0.05, 0.1) is 30.8 Å². The Hall–Kier alpha value is -5.30. The van der Waals surface area contributed by atoms with Crippen LogP contribution in [0.4, 0.5) is 11.5 Å². The van der Waals surface area contributed by atoms with Crippen LogP contribution in [0.25, 0.3) is 33.2 Å². The number of nitrogens with two attached hydrogens (primary N) is 1. The van der Waals surface area contributed by atoms with E-state index < -0.39 is 0 Å². The van der Waals surface area contributed by atoms with Gasteiger partial charge in [0.25, 0.3) is 5.91 Å². The summed E-state index contributed by atoms with van der Waals surface area (Å²) in [4.78, 5) is 24.9. The summed E-state index contributed by atoms with van der Waals surface area (Å²) in [5.41, 5.74) is 10.8. The fraction of sp³-hybridized carbons (Fsp3) is 0.371. The van der Waals surface area contributed by atoms with Crippen molar-refractivity contribution in [2.24, 2.45) is 7.05 Å². The predicted octanol–water partition coefficient (Wildman–Crippen LogP) is 4.98. The van der Waals surface area contributed by atoms with Crippen molar-refractivity contribution >= 4 is 39.3 Å². The van der Waals surface area contributed by atoms with Crippen LogP contribution in [0.5, 0.6) is 5.75 Å². The molecule has 8 rings (SSSR count). The lowest BCUT2D eigenvalue weighted by Crippen LogP contribution is -2.43. The number of rotatable bonds is 7. The van der Waals surface area contributed by atoms with E-state index in [1.807, 2.05) is 64.8 Å². The molecule has 1 fully saturated rings. The molecular formula is C35H39N11O2. The van der Waals surface area contributed by atoms with Gasteiger partial charge in [-0.05, 0) is 49.9 Å². The number of anilines is 2. The lowest BCUT2D eigenvalue weighted by Gasteiger charge is -2.38. The largest absolute Gasteiger partial charge is 0.495 e. The molecule has 6 aromatic rings. The summed E-state index contributed by atoms with van der Waals surface area (Å²) in [6.45, 7) is 4.95. The van der Waals surface area contributed by atoms with Crippen LogP contribution >= 0.6 is 0 Å². The minimum atomic E-state index is -0.222. The van der Waals surface area contributed by atoms with Gasteiger partial charge in [-0.2, -0.15) is 5.10 Å². The zero-order valence-electron chi connectivity index (χ0n) is 27.4. The number of carbonyl (C=O) groups excluding carboxylic acids is 1. The number of carbonyl (C=O) groups is 1. The van der Waals surface area contributed by atoms with Gasteiger partial charge in [0, 0.05) is 49.1 Å². The number of amides is 1. The van der Waals surface area contributed by atoms with Crippen molar-refractivity contribution in [3.05, 3.63) is 72.2 Å². The van der Waals surface area contributed by atoms with E-state index in [0.29, 0.717) is 34.7 Å². The highest BCUT2D eigenvalue weighted by molar-refractivity contribution is 6.07. The Morgan fingerprint density at radius 2 is 1.83 bits per heavy atom. The fourth-order valence-electron chi connectivity index (χ4n) is 7.56. The zero-order chi connectivity index (χ0) is 32.9. The highest BCUT2D eigenvalue weighted by atomic mass is 16.5. The third kappa shape index (κ3) is 5.05. The Kier molecular flexibility index (Phi) is 7.55. The molecule has 4 aromatic heterocycles. The molecule has 3 N–H and O–H groups in total. The quantitative estimate of drug-likeness (QED) is 0.245. The number of fused-ring (bicyclic) bond motifs is 3. The molecule has 2 aromatic carbocycles. The Bertz CT molecular complexity index is 2150. The van der Waals surface area contributed by atoms with Crippen LogP contribution in [0.15, 0.2) is 54.9 Å². The van der Waals surface area contributed by atoms with Gasteiger partial charge in [0.1, 0.15) is 40.9 Å². The van der Waals surface area contributed by atoms with Crippen LogP contribution in [-0.4, -0.2) is 69.6 Å². The smallest absolute Gasteiger partial charge is 0.272 e. The van der Waals surface area contributed by atoms with Crippen molar-refractivity contribution in [1.29, 1.82) is 0 Å². The predicted molar refractivity (Wildman–Crippen MR) is 184 cm³/mol. The molecule has 0 atom stereocenters. The van der Waals surface area contributed by atoms with Gasteiger partial charge >= 0.3 is 0 Å². The van der Waals surface area contributed by atoms with Crippen LogP contribution in [0.3, 0.4) is 0 Å². The maximum absolute atomic E-state index is 13.4. The van der Waals surface area contributed by atoms with E-state index in [9.17, 15) is 4.79 Å². The van der Waals surface area contributed by atoms with Crippen LogP contribution in [-0.2, 0) is 26.6 Å². The SMILES string of the molecule is CCc1nnc2n1CCN(C1CCC(n3nc(-c4ccc(NC(=O)c5cc6ccccc6n5C)c(OC)c4)c4c(N)ncnc43)CC1)C2. The van der Waals surface area contributed by atoms with Gasteiger partial charge in [0.15, 0.2) is 5.65 Å². The Morgan fingerprint density at radius 1 is 1.02 bits per heavy atom. The average molecular weight is 646 g/mol. The maximum Gasteiger partial charge on any atom is 0.272 e. The number of nitrogens with one attached hydrogen (secondary N) is 1. The molecule has 1 aliphatic heterocycles. The molecule has 0 bridgehead atoms. The number of methoxy groups -OCH3 is 1. The first-order valence-corrected chi connectivity index (χ1v) is 16.6. The maximum atomic E-state index is 13.4. The van der Waals surface area contributed by atoms with E-state index in [1.54, 1.807) is 7.11 Å². The second-order valence-electron chi connectivity index (χ2n) is 12.7. The summed E-state index contributed by atoms with van der Waals surface area (Å²) in [7, 11) is 3.48. The second-order valence-corrected chi connectivity index (χ2v) is 12.7. The van der Waals surface area contributed by atoms with E-state index in [-0.39, 0.29) is 11.9 Å². The third-order valence-electron chi connectivity index (χ3n) is 10.1. The van der Waals surface area contributed by atoms with E-state index in [2.05, 4.69) is 41.9 Å². The zero-order valence-corrected chi connectivity index (χ0v) is 27.4. The van der Waals surface area contributed by atoms with Crippen molar-refractivity contribution in [3.63, 3.8) is 0 Å². The third-order valence-corrected chi connectivity index (χ3v) is 10.1. The molecule has 246 valence electrons. The average Bonchev–Trinajstić information content (AvgIpc) is 3.82. The first-order chi connectivity index (χ1) is 23.4. The Morgan fingerprint density at radius 3 is 2.62 bits per heavy atom. The molecule has 13 nitrogen and oxygen atoms in total. The van der Waals surface area contributed by atoms with Crippen LogP contribution in [0, 0.1) is 0 Å². The van der Waals surface area contributed by atoms with E-state index in [1.165, 1.54) is 6.33 Å². The molecule has 1 saturated carbocycles. The van der Waals surface area contributed by atoms with E-state index >= 15 is 0 Å². The van der Waals surface area contributed by atoms with Gasteiger partial charge < -0.3 is 24.9 Å². The molecule has 0 radical (unpaired) electrons. The number of nitrogens with zero attached hydrogens (tertiary/aromatic N) is 9. The number of aryl methyl sites for hydroxylation is 2. The van der Waals surface area contributed by atoms with Crippen molar-refractivity contribution in [1.82, 2.24) is 44.0 Å². The fourth-order valence-corrected chi connectivity index (χ4v) is 7.56. The molecule has 48 heavy (non-hydrogen) atoms. The Labute approximate surface area is 277 Å². The number of aromatic nitrogens is 8. The second kappa shape index (κ2) is 12.1. The van der Waals surface area contributed by atoms with Gasteiger partial charge in [-0.25, -0.2) is 14.6 Å². The molecular weight excluding hydrogens is 606 g/mol. The molecule has 0 unspecified atom stereocenters. The Balaban J connectivity index is 1.04. The summed E-state index contributed by atoms with van der Waals surface area (Å²) in [6, 6.07) is 16.1. The van der Waals surface area contributed by atoms with E-state index in [4.69, 9.17) is 15.6 Å². The van der Waals surface area contributed by atoms with Crippen molar-refractivity contribution in [2.45, 2.75) is 64.2 Å². The summed E-state index contributed by atoms with van der Waals surface area (Å²) in [5, 5.41) is 18.7. The highest BCUT2D eigenvalue weighted by Crippen LogP contribution is 2.39. The van der Waals surface area contributed by atoms with Crippen molar-refractivity contribution < 1.29 is 9.53 Å². The first kappa shape index (κ1) is 30.1. The first-order valence-electron chi connectivity index (χ1n) is 16.6. The van der Waals surface area contributed by atoms with E-state index in [0.717, 1.165) is 90.9 Å². The van der Waals surface area contributed by atoms with Crippen LogP contribution < -0.4 is 15.8 Å². The monoisotopic (exact) mass is 645 g/mol. The van der Waals surface area contributed by atoms with Gasteiger partial charge in [-0.1, -0.05) is 31.2 Å². The lowest BCUT2D eigenvalue weighted by molar-refractivity contribution is 0.101. The summed E-state index contributed by atoms with van der Waals surface area (Å²) < 4.78 is 12.0. The molecule has 13 heteroatoms. The number of para-hydroxylation sites is 1. The standard InChI is InChI=1S/C35H39N11O2/c1-4-29-40-41-30-19-44(15-16-45(29)30)23-10-12-24(13-11-23)46-34-31(33(36)37-20-38-34)32(42-46)22-9-14-25(28(18-22)48-3)39-35(47)27-17-21-7-5-6-8-26(21)43(27)2/h5-9,14,17-18,20,23-24H,4,10-13,15-16,19H2,1-3H3,(H,39,47)(H2,36,37,38). The van der Waals surface area contributed by atoms with Crippen molar-refractivity contribution in [2.75, 3.05) is 24.7 Å². The van der Waals surface area contributed by atoms with Crippen LogP contribution in [0.2, 0.25) is 0 Å². The topological polar surface area (TPSA) is 147 Å². The van der Waals surface area contributed by atoms with Gasteiger partial charge in [-0.3, -0.25) is 9.69 Å². The number of hydrogen-bond donors (Lipinski definition) is 2.